The Hall–Kier alpha value is -0.410. The summed E-state index contributed by atoms with van der Waals surface area (Å²) in [6.45, 7) is 2.60. The average molecular weight is 160 g/mol. The lowest BCUT2D eigenvalue weighted by Gasteiger charge is -1.99. The van der Waals surface area contributed by atoms with E-state index in [1.807, 2.05) is 0 Å². The van der Waals surface area contributed by atoms with E-state index in [1.165, 1.54) is 6.92 Å². The highest BCUT2D eigenvalue weighted by Gasteiger charge is 1.92. The third-order valence-electron chi connectivity index (χ3n) is 1.25. The standard InChI is InChI=1S/C8H16O3/c1-8(10)7-11-6-4-2-3-5-9/h9H,2-7H2,1H3. The minimum Gasteiger partial charge on any atom is -0.396 e. The number of rotatable bonds is 7. The van der Waals surface area contributed by atoms with Crippen molar-refractivity contribution in [2.45, 2.75) is 26.2 Å². The molecule has 0 spiro atoms. The number of carbonyl (C=O) groups excluding carboxylic acids is 1. The average Bonchev–Trinajstić information content (AvgIpc) is 1.96. The molecule has 0 aliphatic heterocycles. The SMILES string of the molecule is CC(=O)COCCCCCO. The third kappa shape index (κ3) is 9.59. The van der Waals surface area contributed by atoms with Crippen molar-refractivity contribution in [2.24, 2.45) is 0 Å². The van der Waals surface area contributed by atoms with Crippen molar-refractivity contribution in [3.63, 3.8) is 0 Å². The zero-order chi connectivity index (χ0) is 8.53. The maximum absolute atomic E-state index is 10.4. The van der Waals surface area contributed by atoms with E-state index in [1.54, 1.807) is 0 Å². The van der Waals surface area contributed by atoms with Crippen molar-refractivity contribution in [2.75, 3.05) is 19.8 Å². The molecular formula is C8H16O3. The molecular weight excluding hydrogens is 144 g/mol. The van der Waals surface area contributed by atoms with Crippen molar-refractivity contribution in [1.29, 1.82) is 0 Å². The normalized spacial score (nSPS) is 10.0. The maximum atomic E-state index is 10.4. The molecule has 1 N–H and O–H groups in total. The van der Waals surface area contributed by atoms with E-state index in [2.05, 4.69) is 0 Å². The topological polar surface area (TPSA) is 46.5 Å². The van der Waals surface area contributed by atoms with Gasteiger partial charge in [-0.3, -0.25) is 4.79 Å². The monoisotopic (exact) mass is 160 g/mol. The van der Waals surface area contributed by atoms with Gasteiger partial charge in [-0.25, -0.2) is 0 Å². The van der Waals surface area contributed by atoms with Gasteiger partial charge in [0.05, 0.1) is 0 Å². The summed E-state index contributed by atoms with van der Waals surface area (Å²) >= 11 is 0. The smallest absolute Gasteiger partial charge is 0.155 e. The minimum atomic E-state index is 0.0622. The minimum absolute atomic E-state index is 0.0622. The summed E-state index contributed by atoms with van der Waals surface area (Å²) < 4.78 is 5.01. The molecule has 0 heterocycles. The molecule has 0 bridgehead atoms. The Balaban J connectivity index is 2.85. The van der Waals surface area contributed by atoms with Crippen LogP contribution in [-0.2, 0) is 9.53 Å². The maximum Gasteiger partial charge on any atom is 0.155 e. The van der Waals surface area contributed by atoms with Gasteiger partial charge >= 0.3 is 0 Å². The van der Waals surface area contributed by atoms with Crippen LogP contribution in [0.1, 0.15) is 26.2 Å². The molecule has 0 aromatic rings. The first-order valence-electron chi connectivity index (χ1n) is 3.95. The molecule has 0 unspecified atom stereocenters. The van der Waals surface area contributed by atoms with Crippen LogP contribution in [0.4, 0.5) is 0 Å². The molecule has 0 radical (unpaired) electrons. The quantitative estimate of drug-likeness (QED) is 0.559. The Labute approximate surface area is 67.4 Å². The van der Waals surface area contributed by atoms with E-state index >= 15 is 0 Å². The Kier molecular flexibility index (Phi) is 7.41. The largest absolute Gasteiger partial charge is 0.396 e. The van der Waals surface area contributed by atoms with Gasteiger partial charge in [-0.2, -0.15) is 0 Å². The number of unbranched alkanes of at least 4 members (excludes halogenated alkanes) is 2. The summed E-state index contributed by atoms with van der Waals surface area (Å²) in [5, 5.41) is 8.42. The second-order valence-electron chi connectivity index (χ2n) is 2.54. The zero-order valence-corrected chi connectivity index (χ0v) is 7.01. The van der Waals surface area contributed by atoms with Gasteiger partial charge in [0.1, 0.15) is 6.61 Å². The van der Waals surface area contributed by atoms with Crippen molar-refractivity contribution in [3.8, 4) is 0 Å². The fourth-order valence-electron chi connectivity index (χ4n) is 0.709. The van der Waals surface area contributed by atoms with Crippen LogP contribution >= 0.6 is 0 Å². The van der Waals surface area contributed by atoms with Gasteiger partial charge in [-0.15, -0.1) is 0 Å². The van der Waals surface area contributed by atoms with Gasteiger partial charge in [0.25, 0.3) is 0 Å². The highest BCUT2D eigenvalue weighted by atomic mass is 16.5. The molecule has 0 aliphatic rings. The lowest BCUT2D eigenvalue weighted by atomic mass is 10.2. The van der Waals surface area contributed by atoms with E-state index in [0.29, 0.717) is 6.61 Å². The number of carbonyl (C=O) groups is 1. The first-order valence-corrected chi connectivity index (χ1v) is 3.95. The first-order chi connectivity index (χ1) is 5.27. The van der Waals surface area contributed by atoms with Gasteiger partial charge in [0, 0.05) is 13.2 Å². The molecule has 0 fully saturated rings. The first kappa shape index (κ1) is 10.6. The molecule has 11 heavy (non-hydrogen) atoms. The van der Waals surface area contributed by atoms with Crippen LogP contribution in [0.15, 0.2) is 0 Å². The summed E-state index contributed by atoms with van der Waals surface area (Å²) in [7, 11) is 0. The molecule has 0 aromatic heterocycles. The molecule has 66 valence electrons. The predicted molar refractivity (Wildman–Crippen MR) is 42.4 cm³/mol. The summed E-state index contributed by atoms with van der Waals surface area (Å²) in [6, 6.07) is 0. The summed E-state index contributed by atoms with van der Waals surface area (Å²) in [4.78, 5) is 10.4. The van der Waals surface area contributed by atoms with Gasteiger partial charge in [0.2, 0.25) is 0 Å². The predicted octanol–water partition coefficient (Wildman–Crippen LogP) is 0.755. The number of aliphatic hydroxyl groups is 1. The van der Waals surface area contributed by atoms with Crippen molar-refractivity contribution in [3.05, 3.63) is 0 Å². The molecule has 0 atom stereocenters. The van der Waals surface area contributed by atoms with Gasteiger partial charge < -0.3 is 9.84 Å². The number of aliphatic hydroxyl groups excluding tert-OH is 1. The highest BCUT2D eigenvalue weighted by molar-refractivity contribution is 5.76. The number of ketones is 1. The Bertz CT molecular complexity index is 102. The molecule has 0 rings (SSSR count). The number of Topliss-reactive ketones (excluding diaryl/α,β-unsaturated/α-hetero) is 1. The van der Waals surface area contributed by atoms with Crippen molar-refractivity contribution in [1.82, 2.24) is 0 Å². The van der Waals surface area contributed by atoms with Crippen LogP contribution in [0.5, 0.6) is 0 Å². The summed E-state index contributed by atoms with van der Waals surface area (Å²) in [5.74, 6) is 0.0622. The zero-order valence-electron chi connectivity index (χ0n) is 7.01. The van der Waals surface area contributed by atoms with Crippen LogP contribution in [0, 0.1) is 0 Å². The molecule has 0 amide bonds. The van der Waals surface area contributed by atoms with E-state index in [4.69, 9.17) is 9.84 Å². The molecule has 0 aromatic carbocycles. The van der Waals surface area contributed by atoms with Gasteiger partial charge in [-0.1, -0.05) is 0 Å². The number of ether oxygens (including phenoxy) is 1. The molecule has 3 heteroatoms. The van der Waals surface area contributed by atoms with Crippen molar-refractivity contribution >= 4 is 5.78 Å². The van der Waals surface area contributed by atoms with Crippen LogP contribution in [0.25, 0.3) is 0 Å². The van der Waals surface area contributed by atoms with Gasteiger partial charge in [-0.05, 0) is 26.2 Å². The van der Waals surface area contributed by atoms with E-state index < -0.39 is 0 Å². The summed E-state index contributed by atoms with van der Waals surface area (Å²) in [6.07, 6.45) is 2.71. The fraction of sp³-hybridized carbons (Fsp3) is 0.875. The second kappa shape index (κ2) is 7.69. The number of hydrogen-bond donors (Lipinski definition) is 1. The Morgan fingerprint density at radius 3 is 2.64 bits per heavy atom. The van der Waals surface area contributed by atoms with E-state index in [-0.39, 0.29) is 19.0 Å². The summed E-state index contributed by atoms with van der Waals surface area (Å²) in [5.41, 5.74) is 0. The van der Waals surface area contributed by atoms with E-state index in [0.717, 1.165) is 19.3 Å². The van der Waals surface area contributed by atoms with Crippen molar-refractivity contribution < 1.29 is 14.6 Å². The van der Waals surface area contributed by atoms with Crippen LogP contribution < -0.4 is 0 Å². The third-order valence-corrected chi connectivity index (χ3v) is 1.25. The van der Waals surface area contributed by atoms with Crippen LogP contribution in [0.2, 0.25) is 0 Å². The Morgan fingerprint density at radius 1 is 1.36 bits per heavy atom. The second-order valence-corrected chi connectivity index (χ2v) is 2.54. The van der Waals surface area contributed by atoms with Crippen LogP contribution in [-0.4, -0.2) is 30.7 Å². The van der Waals surface area contributed by atoms with E-state index in [9.17, 15) is 4.79 Å². The molecule has 0 aliphatic carbocycles. The lowest BCUT2D eigenvalue weighted by Crippen LogP contribution is -2.04. The van der Waals surface area contributed by atoms with Crippen LogP contribution in [0.3, 0.4) is 0 Å². The molecule has 0 saturated heterocycles. The molecule has 3 nitrogen and oxygen atoms in total. The van der Waals surface area contributed by atoms with Gasteiger partial charge in [0.15, 0.2) is 5.78 Å². The highest BCUT2D eigenvalue weighted by Crippen LogP contribution is 1.94. The fourth-order valence-corrected chi connectivity index (χ4v) is 0.709. The lowest BCUT2D eigenvalue weighted by molar-refractivity contribution is -0.121. The Morgan fingerprint density at radius 2 is 2.09 bits per heavy atom. The number of hydrogen-bond acceptors (Lipinski definition) is 3. The molecule has 0 saturated carbocycles.